The Kier molecular flexibility index (Phi) is 5.87. The van der Waals surface area contributed by atoms with Crippen LogP contribution in [0.3, 0.4) is 0 Å². The first-order valence-electron chi connectivity index (χ1n) is 9.33. The average Bonchev–Trinajstić information content (AvgIpc) is 3.02. The number of carbonyl (C=O) groups is 1. The number of aromatic nitrogens is 1. The van der Waals surface area contributed by atoms with Crippen LogP contribution in [-0.4, -0.2) is 54.1 Å². The highest BCUT2D eigenvalue weighted by molar-refractivity contribution is 5.81. The molecule has 3 rings (SSSR count). The summed E-state index contributed by atoms with van der Waals surface area (Å²) in [6.45, 7) is 5.35. The number of hydrogen-bond donors (Lipinski definition) is 1. The molecular formula is C19H27N5O. The van der Waals surface area contributed by atoms with Crippen LogP contribution >= 0.6 is 0 Å². The van der Waals surface area contributed by atoms with Crippen LogP contribution in [0.2, 0.25) is 0 Å². The second-order valence-corrected chi connectivity index (χ2v) is 7.03. The Bertz CT molecular complexity index is 635. The van der Waals surface area contributed by atoms with Gasteiger partial charge in [-0.2, -0.15) is 5.26 Å². The Morgan fingerprint density at radius 2 is 2.08 bits per heavy atom. The molecule has 2 fully saturated rings. The minimum absolute atomic E-state index is 0.111. The van der Waals surface area contributed by atoms with E-state index in [2.05, 4.69) is 26.2 Å². The minimum atomic E-state index is -0.111. The molecule has 2 heterocycles. The van der Waals surface area contributed by atoms with Crippen LogP contribution in [0.15, 0.2) is 18.3 Å². The van der Waals surface area contributed by atoms with Crippen LogP contribution in [-0.2, 0) is 4.79 Å². The smallest absolute Gasteiger partial charge is 0.237 e. The van der Waals surface area contributed by atoms with Gasteiger partial charge in [-0.15, -0.1) is 0 Å². The molecule has 1 amide bonds. The van der Waals surface area contributed by atoms with Gasteiger partial charge in [0.15, 0.2) is 0 Å². The van der Waals surface area contributed by atoms with Crippen molar-refractivity contribution >= 4 is 11.7 Å². The normalized spacial score (nSPS) is 20.7. The molecule has 2 aliphatic rings. The molecule has 6 nitrogen and oxygen atoms in total. The summed E-state index contributed by atoms with van der Waals surface area (Å²) in [6.07, 6.45) is 7.37. The number of amides is 1. The van der Waals surface area contributed by atoms with Gasteiger partial charge >= 0.3 is 0 Å². The first kappa shape index (κ1) is 17.7. The van der Waals surface area contributed by atoms with Gasteiger partial charge in [0.2, 0.25) is 5.91 Å². The molecule has 6 heteroatoms. The molecule has 1 saturated carbocycles. The monoisotopic (exact) mass is 341 g/mol. The van der Waals surface area contributed by atoms with Gasteiger partial charge in [-0.3, -0.25) is 9.69 Å². The van der Waals surface area contributed by atoms with Crippen LogP contribution in [0.1, 0.15) is 44.6 Å². The summed E-state index contributed by atoms with van der Waals surface area (Å²) in [6, 6.07) is 6.08. The number of hydrogen-bond acceptors (Lipinski definition) is 5. The summed E-state index contributed by atoms with van der Waals surface area (Å²) >= 11 is 0. The first-order valence-corrected chi connectivity index (χ1v) is 9.33. The maximum atomic E-state index is 12.5. The summed E-state index contributed by atoms with van der Waals surface area (Å²) in [5.74, 6) is 0.908. The number of carbonyl (C=O) groups excluding carboxylic acids is 1. The lowest BCUT2D eigenvalue weighted by Gasteiger charge is -2.28. The number of rotatable bonds is 4. The molecule has 1 aromatic rings. The summed E-state index contributed by atoms with van der Waals surface area (Å²) in [5, 5.41) is 12.5. The summed E-state index contributed by atoms with van der Waals surface area (Å²) in [5.41, 5.74) is 0.614. The standard InChI is InChI=1S/C19H27N5O/c1-15(19(25)22-17-7-2-3-8-17)23-10-5-11-24(13-12-23)18-16(14-20)6-4-9-21-18/h4,6,9,15,17H,2-3,5,7-8,10-13H2,1H3,(H,22,25)/t15-/m1/s1. The number of pyridine rings is 1. The Morgan fingerprint density at radius 1 is 1.28 bits per heavy atom. The van der Waals surface area contributed by atoms with E-state index in [0.29, 0.717) is 11.6 Å². The van der Waals surface area contributed by atoms with Gasteiger partial charge in [-0.05, 0) is 38.3 Å². The van der Waals surface area contributed by atoms with Crippen molar-refractivity contribution in [3.05, 3.63) is 23.9 Å². The lowest BCUT2D eigenvalue weighted by Crippen LogP contribution is -2.48. The quantitative estimate of drug-likeness (QED) is 0.906. The molecular weight excluding hydrogens is 314 g/mol. The predicted molar refractivity (Wildman–Crippen MR) is 97.2 cm³/mol. The Balaban J connectivity index is 1.59. The van der Waals surface area contributed by atoms with Gasteiger partial charge in [0.05, 0.1) is 11.6 Å². The van der Waals surface area contributed by atoms with Gasteiger partial charge < -0.3 is 10.2 Å². The Labute approximate surface area is 149 Å². The largest absolute Gasteiger partial charge is 0.354 e. The fourth-order valence-electron chi connectivity index (χ4n) is 3.83. The zero-order chi connectivity index (χ0) is 17.6. The third kappa shape index (κ3) is 4.29. The van der Waals surface area contributed by atoms with E-state index in [0.717, 1.165) is 51.3 Å². The van der Waals surface area contributed by atoms with Crippen molar-refractivity contribution in [2.24, 2.45) is 0 Å². The fraction of sp³-hybridized carbons (Fsp3) is 0.632. The molecule has 1 aliphatic carbocycles. The average molecular weight is 341 g/mol. The van der Waals surface area contributed by atoms with Crippen LogP contribution in [0.25, 0.3) is 0 Å². The summed E-state index contributed by atoms with van der Waals surface area (Å²) in [7, 11) is 0. The SMILES string of the molecule is C[C@H](C(=O)NC1CCCC1)N1CCCN(c2ncccc2C#N)CC1. The minimum Gasteiger partial charge on any atom is -0.354 e. The molecule has 0 spiro atoms. The van der Waals surface area contributed by atoms with Crippen molar-refractivity contribution in [2.45, 2.75) is 51.1 Å². The van der Waals surface area contributed by atoms with Gasteiger partial charge in [0.1, 0.15) is 11.9 Å². The van der Waals surface area contributed by atoms with E-state index in [1.807, 2.05) is 13.0 Å². The van der Waals surface area contributed by atoms with Gasteiger partial charge in [0, 0.05) is 38.4 Å². The first-order chi connectivity index (χ1) is 12.2. The fourth-order valence-corrected chi connectivity index (χ4v) is 3.83. The van der Waals surface area contributed by atoms with Gasteiger partial charge in [-0.1, -0.05) is 12.8 Å². The zero-order valence-electron chi connectivity index (χ0n) is 14.9. The van der Waals surface area contributed by atoms with Crippen LogP contribution < -0.4 is 10.2 Å². The topological polar surface area (TPSA) is 72.3 Å². The second kappa shape index (κ2) is 8.30. The van der Waals surface area contributed by atoms with E-state index < -0.39 is 0 Å². The van der Waals surface area contributed by atoms with E-state index in [-0.39, 0.29) is 11.9 Å². The van der Waals surface area contributed by atoms with E-state index in [9.17, 15) is 10.1 Å². The second-order valence-electron chi connectivity index (χ2n) is 7.03. The van der Waals surface area contributed by atoms with Crippen molar-refractivity contribution in [3.8, 4) is 6.07 Å². The van der Waals surface area contributed by atoms with Gasteiger partial charge in [-0.25, -0.2) is 4.98 Å². The van der Waals surface area contributed by atoms with Crippen molar-refractivity contribution in [1.82, 2.24) is 15.2 Å². The number of anilines is 1. The molecule has 1 aliphatic heterocycles. The maximum Gasteiger partial charge on any atom is 0.237 e. The molecule has 0 unspecified atom stereocenters. The maximum absolute atomic E-state index is 12.5. The summed E-state index contributed by atoms with van der Waals surface area (Å²) < 4.78 is 0. The van der Waals surface area contributed by atoms with Crippen LogP contribution in [0, 0.1) is 11.3 Å². The third-order valence-electron chi connectivity index (χ3n) is 5.37. The highest BCUT2D eigenvalue weighted by Crippen LogP contribution is 2.20. The number of nitrogens with zero attached hydrogens (tertiary/aromatic N) is 4. The molecule has 1 aromatic heterocycles. The predicted octanol–water partition coefficient (Wildman–Crippen LogP) is 1.91. The van der Waals surface area contributed by atoms with Crippen molar-refractivity contribution in [2.75, 3.05) is 31.1 Å². The van der Waals surface area contributed by atoms with Crippen LogP contribution in [0.4, 0.5) is 5.82 Å². The van der Waals surface area contributed by atoms with Gasteiger partial charge in [0.25, 0.3) is 0 Å². The highest BCUT2D eigenvalue weighted by Gasteiger charge is 2.27. The lowest BCUT2D eigenvalue weighted by molar-refractivity contribution is -0.126. The molecule has 0 radical (unpaired) electrons. The molecule has 1 saturated heterocycles. The molecule has 25 heavy (non-hydrogen) atoms. The van der Waals surface area contributed by atoms with E-state index in [1.54, 1.807) is 12.3 Å². The van der Waals surface area contributed by atoms with E-state index >= 15 is 0 Å². The summed E-state index contributed by atoms with van der Waals surface area (Å²) in [4.78, 5) is 21.4. The molecule has 0 bridgehead atoms. The molecule has 134 valence electrons. The van der Waals surface area contributed by atoms with Crippen molar-refractivity contribution < 1.29 is 4.79 Å². The third-order valence-corrected chi connectivity index (χ3v) is 5.37. The molecule has 1 atom stereocenters. The Morgan fingerprint density at radius 3 is 2.84 bits per heavy atom. The van der Waals surface area contributed by atoms with E-state index in [1.165, 1.54) is 12.8 Å². The van der Waals surface area contributed by atoms with Crippen LogP contribution in [0.5, 0.6) is 0 Å². The van der Waals surface area contributed by atoms with Crippen molar-refractivity contribution in [1.29, 1.82) is 5.26 Å². The highest BCUT2D eigenvalue weighted by atomic mass is 16.2. The Hall–Kier alpha value is -2.13. The van der Waals surface area contributed by atoms with E-state index in [4.69, 9.17) is 0 Å². The molecule has 1 N–H and O–H groups in total. The molecule has 0 aromatic carbocycles. The lowest BCUT2D eigenvalue weighted by atomic mass is 10.2. The zero-order valence-corrected chi connectivity index (χ0v) is 14.9. The number of nitrogens with one attached hydrogen (secondary N) is 1. The van der Waals surface area contributed by atoms with Crippen molar-refractivity contribution in [3.63, 3.8) is 0 Å². The number of nitriles is 1.